The van der Waals surface area contributed by atoms with Gasteiger partial charge in [0.05, 0.1) is 8.30 Å². The average molecular weight is 365 g/mol. The molecule has 0 saturated heterocycles. The number of nitrogens with zero attached hydrogens (tertiary/aromatic N) is 5. The largest absolute Gasteiger partial charge is 0.488 e. The molecule has 0 saturated carbocycles. The van der Waals surface area contributed by atoms with Gasteiger partial charge in [0.1, 0.15) is 41.4 Å². The first-order valence-corrected chi connectivity index (χ1v) is 8.27. The predicted octanol–water partition coefficient (Wildman–Crippen LogP) is 3.32. The fourth-order valence-corrected chi connectivity index (χ4v) is 2.75. The summed E-state index contributed by atoms with van der Waals surface area (Å²) in [5.74, 6) is 1.14. The Morgan fingerprint density at radius 2 is 2.22 bits per heavy atom. The molecule has 0 atom stereocenters. The van der Waals surface area contributed by atoms with Gasteiger partial charge in [-0.25, -0.2) is 19.9 Å². The van der Waals surface area contributed by atoms with Crippen LogP contribution in [0.4, 0.5) is 0 Å². The molecule has 3 heterocycles. The molecule has 0 fully saturated rings. The van der Waals surface area contributed by atoms with E-state index in [9.17, 15) is 4.79 Å². The smallest absolute Gasteiger partial charge is 0.182 e. The first kappa shape index (κ1) is 14.6. The minimum absolute atomic E-state index is 0.0266. The third-order valence-corrected chi connectivity index (χ3v) is 3.99. The monoisotopic (exact) mass is 365 g/mol. The van der Waals surface area contributed by atoms with E-state index in [4.69, 9.17) is 11.9 Å². The van der Waals surface area contributed by atoms with Crippen molar-refractivity contribution in [2.45, 2.75) is 26.3 Å². The average Bonchev–Trinajstić information content (AvgIpc) is 3.37. The molecule has 0 aliphatic rings. The van der Waals surface area contributed by atoms with Crippen LogP contribution in [0.25, 0.3) is 16.9 Å². The topological polar surface area (TPSA) is 95.9 Å². The molecule has 4 aromatic rings. The van der Waals surface area contributed by atoms with Crippen molar-refractivity contribution in [1.29, 1.82) is 0 Å². The van der Waals surface area contributed by atoms with Crippen molar-refractivity contribution in [1.82, 2.24) is 24.5 Å². The van der Waals surface area contributed by atoms with Gasteiger partial charge in [-0.1, -0.05) is 13.8 Å². The highest BCUT2D eigenvalue weighted by Crippen LogP contribution is 2.27. The lowest BCUT2D eigenvalue weighted by molar-refractivity contribution is 0.111. The van der Waals surface area contributed by atoms with E-state index in [0.717, 1.165) is 5.82 Å². The van der Waals surface area contributed by atoms with Crippen molar-refractivity contribution in [3.05, 3.63) is 60.4 Å². The van der Waals surface area contributed by atoms with Gasteiger partial charge in [-0.05, 0) is 12.1 Å². The Kier molecular flexibility index (Phi) is 3.78. The second kappa shape index (κ2) is 6.99. The number of carbonyl (C=O) groups excluding carboxylic acids is 1. The number of imidazole rings is 1. The number of ether oxygens (including phenoxy) is 1. The Labute approximate surface area is 157 Å². The molecule has 136 valence electrons. The van der Waals surface area contributed by atoms with Crippen LogP contribution in [-0.4, -0.2) is 30.8 Å². The predicted molar refractivity (Wildman–Crippen MR) is 97.0 cm³/mol. The fraction of sp³-hybridized carbons (Fsp3) is 0.211. The van der Waals surface area contributed by atoms with Crippen molar-refractivity contribution < 1.29 is 16.7 Å². The van der Waals surface area contributed by atoms with E-state index in [2.05, 4.69) is 19.9 Å². The standard InChI is InChI=1S/C19H17N5O3/c1-12(2)18-21-5-6-24(18)19-13(7-20-10-22-19)9-26-16-4-3-15-17(14(16)8-25)27-11-23-15/h3-8,10-12H,9H2,1-2H3/i9D2. The lowest BCUT2D eigenvalue weighted by atomic mass is 10.2. The first-order chi connectivity index (χ1) is 13.9. The van der Waals surface area contributed by atoms with Gasteiger partial charge in [0, 0.05) is 24.5 Å². The van der Waals surface area contributed by atoms with Crippen molar-refractivity contribution in [2.75, 3.05) is 0 Å². The number of aldehydes is 1. The molecule has 0 spiro atoms. The second-order valence-electron chi connectivity index (χ2n) is 6.07. The summed E-state index contributed by atoms with van der Waals surface area (Å²) >= 11 is 0. The second-order valence-corrected chi connectivity index (χ2v) is 6.07. The third kappa shape index (κ3) is 3.05. The summed E-state index contributed by atoms with van der Waals surface area (Å²) in [5.41, 5.74) is 0.875. The number of oxazole rings is 1. The van der Waals surface area contributed by atoms with Gasteiger partial charge < -0.3 is 9.15 Å². The lowest BCUT2D eigenvalue weighted by Gasteiger charge is -2.14. The van der Waals surface area contributed by atoms with Crippen LogP contribution < -0.4 is 4.74 Å². The maximum Gasteiger partial charge on any atom is 0.182 e. The maximum atomic E-state index is 11.6. The van der Waals surface area contributed by atoms with Gasteiger partial charge in [-0.15, -0.1) is 0 Å². The number of fused-ring (bicyclic) bond motifs is 1. The molecule has 0 bridgehead atoms. The fourth-order valence-electron chi connectivity index (χ4n) is 2.75. The Bertz CT molecular complexity index is 1190. The van der Waals surface area contributed by atoms with Crippen molar-refractivity contribution in [3.8, 4) is 11.6 Å². The Hall–Kier alpha value is -3.55. The van der Waals surface area contributed by atoms with Gasteiger partial charge in [0.25, 0.3) is 0 Å². The summed E-state index contributed by atoms with van der Waals surface area (Å²) in [5, 5.41) is 0. The first-order valence-electron chi connectivity index (χ1n) is 9.27. The SMILES string of the molecule is [2H]C([2H])(Oc1ccc2ncoc2c1C=O)c1cncnc1-n1ccnc1C(C)C. The van der Waals surface area contributed by atoms with E-state index in [1.807, 2.05) is 13.8 Å². The zero-order valence-electron chi connectivity index (χ0n) is 16.7. The van der Waals surface area contributed by atoms with Gasteiger partial charge >= 0.3 is 0 Å². The molecular formula is C19H17N5O3. The van der Waals surface area contributed by atoms with Crippen LogP contribution in [0, 0.1) is 0 Å². The number of aromatic nitrogens is 5. The minimum atomic E-state index is -2.35. The quantitative estimate of drug-likeness (QED) is 0.484. The maximum absolute atomic E-state index is 11.6. The molecular weight excluding hydrogens is 346 g/mol. The Morgan fingerprint density at radius 1 is 1.33 bits per heavy atom. The van der Waals surface area contributed by atoms with Crippen LogP contribution in [0.3, 0.4) is 0 Å². The molecule has 8 heteroatoms. The number of rotatable bonds is 6. The number of hydrogen-bond acceptors (Lipinski definition) is 7. The highest BCUT2D eigenvalue weighted by atomic mass is 16.5. The zero-order chi connectivity index (χ0) is 20.6. The van der Waals surface area contributed by atoms with Gasteiger partial charge in [0.15, 0.2) is 18.3 Å². The van der Waals surface area contributed by atoms with Gasteiger partial charge in [-0.3, -0.25) is 9.36 Å². The summed E-state index contributed by atoms with van der Waals surface area (Å²) in [6.07, 6.45) is 7.77. The van der Waals surface area contributed by atoms with E-state index in [1.165, 1.54) is 25.0 Å². The van der Waals surface area contributed by atoms with E-state index in [0.29, 0.717) is 17.6 Å². The van der Waals surface area contributed by atoms with Crippen LogP contribution in [0.5, 0.6) is 5.75 Å². The van der Waals surface area contributed by atoms with E-state index < -0.39 is 6.56 Å². The Balaban J connectivity index is 1.79. The molecule has 0 unspecified atom stereocenters. The van der Waals surface area contributed by atoms with Crippen LogP contribution in [0.1, 0.15) is 44.3 Å². The summed E-state index contributed by atoms with van der Waals surface area (Å²) < 4.78 is 29.6. The highest BCUT2D eigenvalue weighted by molar-refractivity contribution is 5.96. The molecule has 0 radical (unpaired) electrons. The van der Waals surface area contributed by atoms with Gasteiger partial charge in [-0.2, -0.15) is 0 Å². The third-order valence-electron chi connectivity index (χ3n) is 3.99. The molecule has 0 N–H and O–H groups in total. The van der Waals surface area contributed by atoms with Gasteiger partial charge in [0.2, 0.25) is 0 Å². The van der Waals surface area contributed by atoms with E-state index in [1.54, 1.807) is 23.0 Å². The molecule has 1 aromatic carbocycles. The van der Waals surface area contributed by atoms with E-state index in [-0.39, 0.29) is 28.4 Å². The lowest BCUT2D eigenvalue weighted by Crippen LogP contribution is -2.10. The molecule has 0 aliphatic heterocycles. The molecule has 4 rings (SSSR count). The summed E-state index contributed by atoms with van der Waals surface area (Å²) in [4.78, 5) is 28.1. The number of carbonyl (C=O) groups is 1. The molecule has 8 nitrogen and oxygen atoms in total. The van der Waals surface area contributed by atoms with Crippen LogP contribution in [0.15, 0.2) is 47.9 Å². The van der Waals surface area contributed by atoms with E-state index >= 15 is 0 Å². The van der Waals surface area contributed by atoms with Crippen LogP contribution >= 0.6 is 0 Å². The summed E-state index contributed by atoms with van der Waals surface area (Å²) in [6, 6.07) is 3.07. The summed E-state index contributed by atoms with van der Waals surface area (Å²) in [7, 11) is 0. The summed E-state index contributed by atoms with van der Waals surface area (Å²) in [6.45, 7) is 1.61. The molecule has 0 amide bonds. The molecule has 3 aromatic heterocycles. The van der Waals surface area contributed by atoms with Crippen LogP contribution in [0.2, 0.25) is 0 Å². The normalized spacial score (nSPS) is 12.9. The van der Waals surface area contributed by atoms with Crippen molar-refractivity contribution in [2.24, 2.45) is 0 Å². The Morgan fingerprint density at radius 3 is 3.04 bits per heavy atom. The van der Waals surface area contributed by atoms with Crippen molar-refractivity contribution in [3.63, 3.8) is 0 Å². The number of hydrogen-bond donors (Lipinski definition) is 0. The molecule has 0 aliphatic carbocycles. The zero-order valence-corrected chi connectivity index (χ0v) is 14.7. The highest BCUT2D eigenvalue weighted by Gasteiger charge is 2.16. The van der Waals surface area contributed by atoms with Crippen molar-refractivity contribution >= 4 is 17.4 Å². The molecule has 27 heavy (non-hydrogen) atoms. The van der Waals surface area contributed by atoms with Crippen LogP contribution in [-0.2, 0) is 6.56 Å². The minimum Gasteiger partial charge on any atom is -0.488 e. The number of benzene rings is 1.